The Labute approximate surface area is 72.2 Å². The zero-order chi connectivity index (χ0) is 9.78. The average molecular weight is 173 g/mol. The molecule has 0 amide bonds. The van der Waals surface area contributed by atoms with Crippen LogP contribution in [-0.4, -0.2) is 17.3 Å². The molecule has 0 saturated heterocycles. The van der Waals surface area contributed by atoms with Crippen LogP contribution in [0.4, 0.5) is 0 Å². The van der Waals surface area contributed by atoms with E-state index in [2.05, 4.69) is 10.3 Å². The van der Waals surface area contributed by atoms with Crippen LogP contribution in [0.3, 0.4) is 0 Å². The maximum absolute atomic E-state index is 10.7. The Bertz CT molecular complexity index is 187. The molecule has 0 radical (unpaired) electrons. The van der Waals surface area contributed by atoms with E-state index in [0.717, 1.165) is 0 Å². The van der Waals surface area contributed by atoms with Gasteiger partial charge < -0.3 is 4.84 Å². The van der Waals surface area contributed by atoms with Crippen LogP contribution in [0, 0.1) is 0 Å². The SMILES string of the molecule is CC(=O)CC(C)(C)NOC(C)=O. The molecule has 0 saturated carbocycles. The summed E-state index contributed by atoms with van der Waals surface area (Å²) in [5, 5.41) is 0. The Morgan fingerprint density at radius 1 is 1.33 bits per heavy atom. The molecular weight excluding hydrogens is 158 g/mol. The summed E-state index contributed by atoms with van der Waals surface area (Å²) in [6, 6.07) is 0. The predicted octanol–water partition coefficient (Wildman–Crippen LogP) is 0.812. The minimum atomic E-state index is -0.489. The van der Waals surface area contributed by atoms with Crippen molar-refractivity contribution in [2.75, 3.05) is 0 Å². The quantitative estimate of drug-likeness (QED) is 0.639. The first-order valence-electron chi connectivity index (χ1n) is 3.77. The van der Waals surface area contributed by atoms with Gasteiger partial charge in [0, 0.05) is 13.3 Å². The molecule has 0 aliphatic carbocycles. The maximum atomic E-state index is 10.7. The highest BCUT2D eigenvalue weighted by molar-refractivity contribution is 5.76. The van der Waals surface area contributed by atoms with Crippen molar-refractivity contribution in [1.29, 1.82) is 0 Å². The van der Waals surface area contributed by atoms with Gasteiger partial charge >= 0.3 is 5.97 Å². The minimum Gasteiger partial charge on any atom is -0.371 e. The first kappa shape index (κ1) is 11.1. The van der Waals surface area contributed by atoms with E-state index in [1.54, 1.807) is 13.8 Å². The van der Waals surface area contributed by atoms with Crippen molar-refractivity contribution in [3.63, 3.8) is 0 Å². The molecule has 4 nitrogen and oxygen atoms in total. The number of carbonyl (C=O) groups excluding carboxylic acids is 2. The molecule has 0 spiro atoms. The van der Waals surface area contributed by atoms with E-state index in [1.165, 1.54) is 13.8 Å². The standard InChI is InChI=1S/C8H15NO3/c1-6(10)5-8(3,4)9-12-7(2)11/h9H,5H2,1-4H3. The summed E-state index contributed by atoms with van der Waals surface area (Å²) in [5.41, 5.74) is 2.03. The van der Waals surface area contributed by atoms with E-state index < -0.39 is 11.5 Å². The van der Waals surface area contributed by atoms with E-state index in [0.29, 0.717) is 6.42 Å². The Balaban J connectivity index is 3.86. The fourth-order valence-electron chi connectivity index (χ4n) is 0.868. The van der Waals surface area contributed by atoms with Crippen molar-refractivity contribution in [3.05, 3.63) is 0 Å². The van der Waals surface area contributed by atoms with E-state index in [1.807, 2.05) is 0 Å². The zero-order valence-electron chi connectivity index (χ0n) is 7.93. The average Bonchev–Trinajstić information content (AvgIpc) is 1.81. The van der Waals surface area contributed by atoms with Gasteiger partial charge in [-0.05, 0) is 20.8 Å². The summed E-state index contributed by atoms with van der Waals surface area (Å²) in [4.78, 5) is 25.7. The summed E-state index contributed by atoms with van der Waals surface area (Å²) in [6.45, 7) is 6.38. The number of hydroxylamine groups is 1. The van der Waals surface area contributed by atoms with Gasteiger partial charge in [0.2, 0.25) is 0 Å². The Hall–Kier alpha value is -0.900. The topological polar surface area (TPSA) is 55.4 Å². The molecule has 0 unspecified atom stereocenters. The smallest absolute Gasteiger partial charge is 0.321 e. The molecule has 0 aliphatic rings. The van der Waals surface area contributed by atoms with Crippen LogP contribution in [0.1, 0.15) is 34.1 Å². The highest BCUT2D eigenvalue weighted by Crippen LogP contribution is 2.08. The molecule has 0 bridgehead atoms. The lowest BCUT2D eigenvalue weighted by atomic mass is 10.00. The van der Waals surface area contributed by atoms with E-state index in [-0.39, 0.29) is 5.78 Å². The number of carbonyl (C=O) groups is 2. The Kier molecular flexibility index (Phi) is 3.89. The van der Waals surface area contributed by atoms with Gasteiger partial charge in [0.05, 0.1) is 5.54 Å². The largest absolute Gasteiger partial charge is 0.371 e. The summed E-state index contributed by atoms with van der Waals surface area (Å²) in [6.07, 6.45) is 0.334. The first-order chi connectivity index (χ1) is 5.33. The van der Waals surface area contributed by atoms with Crippen LogP contribution in [0.25, 0.3) is 0 Å². The number of nitrogens with one attached hydrogen (secondary N) is 1. The molecule has 12 heavy (non-hydrogen) atoms. The summed E-state index contributed by atoms with van der Waals surface area (Å²) < 4.78 is 0. The molecule has 0 fully saturated rings. The van der Waals surface area contributed by atoms with Crippen molar-refractivity contribution in [1.82, 2.24) is 5.48 Å². The third-order valence-corrected chi connectivity index (χ3v) is 1.16. The molecule has 0 aromatic heterocycles. The number of hydrogen-bond donors (Lipinski definition) is 1. The van der Waals surface area contributed by atoms with Gasteiger partial charge in [0.1, 0.15) is 5.78 Å². The molecule has 0 aromatic carbocycles. The van der Waals surface area contributed by atoms with E-state index in [9.17, 15) is 9.59 Å². The van der Waals surface area contributed by atoms with Crippen LogP contribution < -0.4 is 5.48 Å². The van der Waals surface area contributed by atoms with Crippen LogP contribution >= 0.6 is 0 Å². The normalized spacial score (nSPS) is 11.0. The third kappa shape index (κ3) is 5.85. The fraction of sp³-hybridized carbons (Fsp3) is 0.750. The molecule has 0 rings (SSSR count). The molecule has 70 valence electrons. The van der Waals surface area contributed by atoms with Crippen molar-refractivity contribution < 1.29 is 14.4 Å². The molecular formula is C8H15NO3. The third-order valence-electron chi connectivity index (χ3n) is 1.16. The van der Waals surface area contributed by atoms with Gasteiger partial charge in [-0.15, -0.1) is 5.48 Å². The lowest BCUT2D eigenvalue weighted by Crippen LogP contribution is -2.41. The fourth-order valence-corrected chi connectivity index (χ4v) is 0.868. The second kappa shape index (κ2) is 4.21. The van der Waals surface area contributed by atoms with Crippen LogP contribution in [-0.2, 0) is 14.4 Å². The highest BCUT2D eigenvalue weighted by atomic mass is 16.7. The van der Waals surface area contributed by atoms with Crippen molar-refractivity contribution in [2.24, 2.45) is 0 Å². The summed E-state index contributed by atoms with van der Waals surface area (Å²) >= 11 is 0. The second-order valence-electron chi connectivity index (χ2n) is 3.46. The second-order valence-corrected chi connectivity index (χ2v) is 3.46. The molecule has 0 aliphatic heterocycles. The zero-order valence-corrected chi connectivity index (χ0v) is 7.93. The lowest BCUT2D eigenvalue weighted by Gasteiger charge is -2.22. The van der Waals surface area contributed by atoms with Crippen molar-refractivity contribution >= 4 is 11.8 Å². The number of rotatable bonds is 4. The maximum Gasteiger partial charge on any atom is 0.321 e. The Morgan fingerprint density at radius 3 is 2.17 bits per heavy atom. The molecule has 4 heteroatoms. The van der Waals surface area contributed by atoms with E-state index in [4.69, 9.17) is 0 Å². The highest BCUT2D eigenvalue weighted by Gasteiger charge is 2.20. The van der Waals surface area contributed by atoms with Gasteiger partial charge in [-0.25, -0.2) is 0 Å². The monoisotopic (exact) mass is 173 g/mol. The number of Topliss-reactive ketones (excluding diaryl/α,β-unsaturated/α-hetero) is 1. The number of hydrogen-bond acceptors (Lipinski definition) is 4. The van der Waals surface area contributed by atoms with Gasteiger partial charge in [0.15, 0.2) is 0 Å². The lowest BCUT2D eigenvalue weighted by molar-refractivity contribution is -0.153. The van der Waals surface area contributed by atoms with E-state index >= 15 is 0 Å². The van der Waals surface area contributed by atoms with Gasteiger partial charge in [-0.1, -0.05) is 0 Å². The summed E-state index contributed by atoms with van der Waals surface area (Å²) in [7, 11) is 0. The van der Waals surface area contributed by atoms with Gasteiger partial charge in [-0.3, -0.25) is 9.59 Å². The van der Waals surface area contributed by atoms with Crippen molar-refractivity contribution in [3.8, 4) is 0 Å². The molecule has 0 atom stereocenters. The summed E-state index contributed by atoms with van der Waals surface area (Å²) in [5.74, 6) is -0.355. The minimum absolute atomic E-state index is 0.0552. The molecule has 0 aromatic rings. The van der Waals surface area contributed by atoms with Crippen LogP contribution in [0.15, 0.2) is 0 Å². The molecule has 0 heterocycles. The number of ketones is 1. The van der Waals surface area contributed by atoms with Gasteiger partial charge in [0.25, 0.3) is 0 Å². The predicted molar refractivity (Wildman–Crippen MR) is 44.3 cm³/mol. The van der Waals surface area contributed by atoms with Crippen LogP contribution in [0.2, 0.25) is 0 Å². The first-order valence-corrected chi connectivity index (χ1v) is 3.77. The van der Waals surface area contributed by atoms with Crippen LogP contribution in [0.5, 0.6) is 0 Å². The van der Waals surface area contributed by atoms with Gasteiger partial charge in [-0.2, -0.15) is 0 Å². The van der Waals surface area contributed by atoms with Crippen molar-refractivity contribution in [2.45, 2.75) is 39.7 Å². The Morgan fingerprint density at radius 2 is 1.83 bits per heavy atom. The molecule has 1 N–H and O–H groups in total.